The summed E-state index contributed by atoms with van der Waals surface area (Å²) in [6.07, 6.45) is 1.42. The van der Waals surface area contributed by atoms with Crippen molar-refractivity contribution in [1.29, 1.82) is 0 Å². The molecule has 5 nitrogen and oxygen atoms in total. The van der Waals surface area contributed by atoms with Crippen molar-refractivity contribution in [2.75, 3.05) is 12.8 Å². The van der Waals surface area contributed by atoms with Crippen molar-refractivity contribution in [2.45, 2.75) is 26.4 Å². The minimum Gasteiger partial charge on any atom is -0.497 e. The van der Waals surface area contributed by atoms with Crippen molar-refractivity contribution in [3.8, 4) is 11.6 Å². The summed E-state index contributed by atoms with van der Waals surface area (Å²) in [5.41, 5.74) is 7.74. The van der Waals surface area contributed by atoms with Crippen LogP contribution in [0.1, 0.15) is 30.9 Å². The average molecular weight is 273 g/mol. The molecule has 0 radical (unpaired) electrons. The van der Waals surface area contributed by atoms with Crippen LogP contribution in [-0.4, -0.2) is 17.1 Å². The second-order valence-electron chi connectivity index (χ2n) is 4.77. The molecule has 0 unspecified atom stereocenters. The molecule has 0 amide bonds. The zero-order valence-corrected chi connectivity index (χ0v) is 12.0. The first kappa shape index (κ1) is 14.1. The number of ether oxygens (including phenoxy) is 2. The molecule has 0 saturated heterocycles. The number of hydrogen-bond acceptors (Lipinski definition) is 5. The Balaban J connectivity index is 2.16. The van der Waals surface area contributed by atoms with Gasteiger partial charge in [0, 0.05) is 0 Å². The van der Waals surface area contributed by atoms with Gasteiger partial charge in [-0.3, -0.25) is 0 Å². The molecular weight excluding hydrogens is 254 g/mol. The average Bonchev–Trinajstić information content (AvgIpc) is 2.45. The van der Waals surface area contributed by atoms with Gasteiger partial charge in [0.1, 0.15) is 24.5 Å². The third-order valence-electron chi connectivity index (χ3n) is 2.97. The van der Waals surface area contributed by atoms with Gasteiger partial charge in [-0.2, -0.15) is 0 Å². The van der Waals surface area contributed by atoms with Crippen LogP contribution in [0.25, 0.3) is 0 Å². The summed E-state index contributed by atoms with van der Waals surface area (Å²) in [6, 6.07) is 7.72. The van der Waals surface area contributed by atoms with E-state index >= 15 is 0 Å². The minimum absolute atomic E-state index is 0.205. The predicted molar refractivity (Wildman–Crippen MR) is 77.9 cm³/mol. The zero-order chi connectivity index (χ0) is 14.5. The van der Waals surface area contributed by atoms with Gasteiger partial charge in [0.2, 0.25) is 5.88 Å². The van der Waals surface area contributed by atoms with Crippen LogP contribution in [0.5, 0.6) is 11.6 Å². The van der Waals surface area contributed by atoms with Gasteiger partial charge >= 0.3 is 0 Å². The normalized spacial score (nSPS) is 10.6. The number of aromatic nitrogens is 2. The number of hydrogen-bond donors (Lipinski definition) is 1. The van der Waals surface area contributed by atoms with Crippen LogP contribution in [0.4, 0.5) is 5.82 Å². The Morgan fingerprint density at radius 1 is 1.25 bits per heavy atom. The Labute approximate surface area is 118 Å². The summed E-state index contributed by atoms with van der Waals surface area (Å²) >= 11 is 0. The van der Waals surface area contributed by atoms with Crippen LogP contribution in [0, 0.1) is 0 Å². The molecule has 0 spiro atoms. The minimum atomic E-state index is 0.205. The van der Waals surface area contributed by atoms with Crippen LogP contribution < -0.4 is 15.2 Å². The molecule has 2 aromatic rings. The van der Waals surface area contributed by atoms with Crippen molar-refractivity contribution in [2.24, 2.45) is 0 Å². The molecule has 106 valence electrons. The predicted octanol–water partition coefficient (Wildman–Crippen LogP) is 2.77. The molecule has 0 aliphatic rings. The van der Waals surface area contributed by atoms with Gasteiger partial charge in [0.05, 0.1) is 12.7 Å². The second kappa shape index (κ2) is 6.23. The van der Waals surface area contributed by atoms with Gasteiger partial charge in [-0.15, -0.1) is 0 Å². The summed E-state index contributed by atoms with van der Waals surface area (Å²) in [4.78, 5) is 8.18. The first-order valence-corrected chi connectivity index (χ1v) is 6.48. The number of nitrogen functional groups attached to an aromatic ring is 1. The van der Waals surface area contributed by atoms with Gasteiger partial charge < -0.3 is 15.2 Å². The smallest absolute Gasteiger partial charge is 0.222 e. The molecule has 2 N–H and O–H groups in total. The van der Waals surface area contributed by atoms with E-state index in [9.17, 15) is 0 Å². The maximum atomic E-state index is 5.89. The lowest BCUT2D eigenvalue weighted by molar-refractivity contribution is 0.288. The fourth-order valence-electron chi connectivity index (χ4n) is 1.96. The molecule has 1 heterocycles. The van der Waals surface area contributed by atoms with Crippen LogP contribution in [-0.2, 0) is 6.61 Å². The van der Waals surface area contributed by atoms with E-state index in [0.29, 0.717) is 18.3 Å². The maximum Gasteiger partial charge on any atom is 0.222 e. The first-order chi connectivity index (χ1) is 9.61. The summed E-state index contributed by atoms with van der Waals surface area (Å²) in [5.74, 6) is 2.01. The molecule has 0 fully saturated rings. The standard InChI is InChI=1S/C15H19N3O2/c1-10(2)13-14(16)17-9-18-15(13)20-8-11-5-4-6-12(7-11)19-3/h4-7,9-10H,8H2,1-3H3,(H2,16,17,18). The third kappa shape index (κ3) is 3.17. The van der Waals surface area contributed by atoms with E-state index in [1.165, 1.54) is 6.33 Å². The summed E-state index contributed by atoms with van der Waals surface area (Å²) in [7, 11) is 1.64. The van der Waals surface area contributed by atoms with E-state index in [2.05, 4.69) is 9.97 Å². The highest BCUT2D eigenvalue weighted by atomic mass is 16.5. The van der Waals surface area contributed by atoms with E-state index in [1.54, 1.807) is 7.11 Å². The second-order valence-corrected chi connectivity index (χ2v) is 4.77. The largest absolute Gasteiger partial charge is 0.497 e. The van der Waals surface area contributed by atoms with Crippen LogP contribution in [0.2, 0.25) is 0 Å². The van der Waals surface area contributed by atoms with Crippen molar-refractivity contribution < 1.29 is 9.47 Å². The van der Waals surface area contributed by atoms with E-state index in [4.69, 9.17) is 15.2 Å². The number of anilines is 1. The fraction of sp³-hybridized carbons (Fsp3) is 0.333. The molecule has 1 aromatic heterocycles. The quantitative estimate of drug-likeness (QED) is 0.907. The third-order valence-corrected chi connectivity index (χ3v) is 2.97. The van der Waals surface area contributed by atoms with Gasteiger partial charge in [-0.05, 0) is 23.6 Å². The number of benzene rings is 1. The van der Waals surface area contributed by atoms with Gasteiger partial charge in [0.15, 0.2) is 0 Å². The van der Waals surface area contributed by atoms with Gasteiger partial charge in [-0.1, -0.05) is 26.0 Å². The van der Waals surface area contributed by atoms with Crippen LogP contribution in [0.3, 0.4) is 0 Å². The van der Waals surface area contributed by atoms with Gasteiger partial charge in [-0.25, -0.2) is 9.97 Å². The fourth-order valence-corrected chi connectivity index (χ4v) is 1.96. The molecule has 20 heavy (non-hydrogen) atoms. The van der Waals surface area contributed by atoms with Crippen molar-refractivity contribution in [1.82, 2.24) is 9.97 Å². The van der Waals surface area contributed by atoms with E-state index in [-0.39, 0.29) is 5.92 Å². The Bertz CT molecular complexity index is 585. The Morgan fingerprint density at radius 2 is 2.05 bits per heavy atom. The van der Waals surface area contributed by atoms with Crippen molar-refractivity contribution in [3.63, 3.8) is 0 Å². The number of nitrogens with two attached hydrogens (primary N) is 1. The summed E-state index contributed by atoms with van der Waals surface area (Å²) < 4.78 is 11.0. The lowest BCUT2D eigenvalue weighted by atomic mass is 10.1. The molecule has 0 bridgehead atoms. The van der Waals surface area contributed by atoms with E-state index < -0.39 is 0 Å². The molecule has 0 atom stereocenters. The molecule has 0 aliphatic carbocycles. The molecule has 1 aromatic carbocycles. The van der Waals surface area contributed by atoms with Crippen LogP contribution in [0.15, 0.2) is 30.6 Å². The monoisotopic (exact) mass is 273 g/mol. The molecular formula is C15H19N3O2. The highest BCUT2D eigenvalue weighted by Gasteiger charge is 2.14. The van der Waals surface area contributed by atoms with Gasteiger partial charge in [0.25, 0.3) is 0 Å². The summed E-state index contributed by atoms with van der Waals surface area (Å²) in [6.45, 7) is 4.48. The van der Waals surface area contributed by atoms with E-state index in [0.717, 1.165) is 16.9 Å². The topological polar surface area (TPSA) is 70.3 Å². The molecule has 0 saturated carbocycles. The summed E-state index contributed by atoms with van der Waals surface area (Å²) in [5, 5.41) is 0. The van der Waals surface area contributed by atoms with Crippen LogP contribution >= 0.6 is 0 Å². The molecule has 5 heteroatoms. The first-order valence-electron chi connectivity index (χ1n) is 6.48. The number of nitrogens with zero attached hydrogens (tertiary/aromatic N) is 2. The number of rotatable bonds is 5. The lowest BCUT2D eigenvalue weighted by Gasteiger charge is -2.14. The highest BCUT2D eigenvalue weighted by Crippen LogP contribution is 2.28. The Morgan fingerprint density at radius 3 is 2.75 bits per heavy atom. The van der Waals surface area contributed by atoms with E-state index in [1.807, 2.05) is 38.1 Å². The highest BCUT2D eigenvalue weighted by molar-refractivity contribution is 5.46. The zero-order valence-electron chi connectivity index (χ0n) is 12.0. The lowest BCUT2D eigenvalue weighted by Crippen LogP contribution is -2.06. The Hall–Kier alpha value is -2.30. The SMILES string of the molecule is COc1cccc(COc2ncnc(N)c2C(C)C)c1. The molecule has 2 rings (SSSR count). The maximum absolute atomic E-state index is 5.89. The Kier molecular flexibility index (Phi) is 4.40. The molecule has 0 aliphatic heterocycles. The van der Waals surface area contributed by atoms with Crippen molar-refractivity contribution >= 4 is 5.82 Å². The number of methoxy groups -OCH3 is 1. The van der Waals surface area contributed by atoms with Crippen molar-refractivity contribution in [3.05, 3.63) is 41.7 Å².